The Balaban J connectivity index is 0.000000453. The molecule has 4 N–H and O–H groups in total. The molecule has 0 fully saturated rings. The molecule has 4 rings (SSSR count). The molecule has 4 atom stereocenters. The van der Waals surface area contributed by atoms with Crippen molar-refractivity contribution in [1.29, 1.82) is 0 Å². The number of aliphatic hydroxyl groups is 4. The van der Waals surface area contributed by atoms with Crippen LogP contribution in [-0.2, 0) is 29.6 Å². The van der Waals surface area contributed by atoms with Gasteiger partial charge in [-0.3, -0.25) is 0 Å². The molecule has 0 spiro atoms. The summed E-state index contributed by atoms with van der Waals surface area (Å²) < 4.78 is 77.1. The summed E-state index contributed by atoms with van der Waals surface area (Å²) in [5.41, 5.74) is 3.52. The third-order valence-electron chi connectivity index (χ3n) is 9.62. The average molecular weight is 1000 g/mol. The average Bonchev–Trinajstić information content (AvgIpc) is 3.20. The second-order valence-corrected chi connectivity index (χ2v) is 19.9. The van der Waals surface area contributed by atoms with Gasteiger partial charge in [0, 0.05) is 74.0 Å². The van der Waals surface area contributed by atoms with E-state index in [0.717, 1.165) is 21.1 Å². The van der Waals surface area contributed by atoms with Crippen LogP contribution in [0.15, 0.2) is 60.7 Å². The van der Waals surface area contributed by atoms with E-state index in [0.29, 0.717) is 45.0 Å². The normalized spacial score (nSPS) is 13.7. The van der Waals surface area contributed by atoms with Crippen molar-refractivity contribution in [2.24, 2.45) is 0 Å². The molecule has 0 aliphatic rings. The molecule has 0 saturated carbocycles. The minimum Gasteiger partial charge on any atom is -0.550 e. The number of hydrogen-bond acceptors (Lipinski definition) is 16. The number of sulfonamides is 2. The molecule has 2 heterocycles. The van der Waals surface area contributed by atoms with Crippen molar-refractivity contribution in [2.75, 3.05) is 35.2 Å². The van der Waals surface area contributed by atoms with Gasteiger partial charge in [0.05, 0.1) is 59.7 Å². The first kappa shape index (κ1) is 58.6. The number of anilines is 2. The largest absolute Gasteiger partial charge is 2.00 e. The monoisotopic (exact) mass is 1000 g/mol. The van der Waals surface area contributed by atoms with Crippen LogP contribution in [0, 0.1) is 11.6 Å². The maximum Gasteiger partial charge on any atom is 2.00 e. The number of rotatable bonds is 20. The van der Waals surface area contributed by atoms with Crippen LogP contribution in [0.2, 0.25) is 0 Å². The SMILES string of the molecule is CC(C)c1nc(N(C)S(C)(=O)=O)nc(-c2ccc(F)cc2)c1/C=C/[C@@H](O)C[C@@H](O)CC(=O)[O-].CC(C)c1nc(N(C)S(C)(=O)=O)nc(-c2ccc(F)cc2)c1C=C[C@@H](O)C[C@@H](O)CC(=O)[O-].[Ca+2]. The fourth-order valence-corrected chi connectivity index (χ4v) is 6.83. The van der Waals surface area contributed by atoms with Gasteiger partial charge in [0.1, 0.15) is 11.6 Å². The molecule has 0 saturated heterocycles. The van der Waals surface area contributed by atoms with Crippen LogP contribution in [0.4, 0.5) is 20.7 Å². The quantitative estimate of drug-likeness (QED) is 0.0918. The van der Waals surface area contributed by atoms with Gasteiger partial charge in [-0.05, 0) is 60.4 Å². The Morgan fingerprint density at radius 2 is 0.910 bits per heavy atom. The van der Waals surface area contributed by atoms with E-state index >= 15 is 0 Å². The first-order chi connectivity index (χ1) is 30.6. The van der Waals surface area contributed by atoms with E-state index < -0.39 is 80.9 Å². The predicted molar refractivity (Wildman–Crippen MR) is 246 cm³/mol. The molecule has 67 heavy (non-hydrogen) atoms. The molecule has 0 amide bonds. The summed E-state index contributed by atoms with van der Waals surface area (Å²) in [5.74, 6) is -4.28. The standard InChI is InChI=1S/2C22H28FN3O6S.Ca/c2*1-13(2)20-18(10-9-16(27)11-17(28)12-19(29)30)21(14-5-7-15(23)8-6-14)25-22(24-20)26(3)33(4,31)32;/h2*5-10,13,16-17,27-28H,11-12H2,1-4H3,(H,29,30);/q;;+2/p-2/b10-9+;;/t2*16-,17-;/m11./s1. The Hall–Kier alpha value is -4.52. The van der Waals surface area contributed by atoms with Crippen molar-refractivity contribution in [3.05, 3.63) is 94.8 Å². The Morgan fingerprint density at radius 3 is 1.16 bits per heavy atom. The molecule has 0 radical (unpaired) electrons. The molecule has 2 aromatic carbocycles. The summed E-state index contributed by atoms with van der Waals surface area (Å²) >= 11 is 0. The molecule has 23 heteroatoms. The van der Waals surface area contributed by atoms with Gasteiger partial charge in [-0.15, -0.1) is 0 Å². The number of halogens is 2. The number of hydrogen-bond donors (Lipinski definition) is 4. The van der Waals surface area contributed by atoms with Crippen LogP contribution in [0.3, 0.4) is 0 Å². The van der Waals surface area contributed by atoms with Crippen LogP contribution in [0.25, 0.3) is 34.7 Å². The van der Waals surface area contributed by atoms with Gasteiger partial charge >= 0.3 is 37.7 Å². The molecule has 0 unspecified atom stereocenters. The zero-order chi connectivity index (χ0) is 49.8. The maximum absolute atomic E-state index is 13.5. The summed E-state index contributed by atoms with van der Waals surface area (Å²) in [7, 11) is -4.67. The number of aliphatic hydroxyl groups excluding tert-OH is 4. The number of carbonyl (C=O) groups excluding carboxylic acids is 2. The van der Waals surface area contributed by atoms with E-state index in [2.05, 4.69) is 19.9 Å². The number of carboxylic acids is 2. The van der Waals surface area contributed by atoms with Crippen molar-refractivity contribution < 1.29 is 65.8 Å². The fourth-order valence-electron chi connectivity index (χ4n) is 6.07. The minimum absolute atomic E-state index is 0. The van der Waals surface area contributed by atoms with E-state index in [9.17, 15) is 65.8 Å². The number of nitrogens with zero attached hydrogens (tertiary/aromatic N) is 6. The summed E-state index contributed by atoms with van der Waals surface area (Å²) in [6.07, 6.45) is 1.16. The van der Waals surface area contributed by atoms with Crippen molar-refractivity contribution >= 4 is 93.8 Å². The zero-order valence-corrected chi connectivity index (χ0v) is 42.1. The molecule has 0 bridgehead atoms. The van der Waals surface area contributed by atoms with Crippen LogP contribution in [0.5, 0.6) is 0 Å². The second kappa shape index (κ2) is 25.7. The summed E-state index contributed by atoms with van der Waals surface area (Å²) in [4.78, 5) is 38.9. The first-order valence-electron chi connectivity index (χ1n) is 20.3. The topological polar surface area (TPSA) is 287 Å². The Bertz CT molecular complexity index is 2430. The molecule has 18 nitrogen and oxygen atoms in total. The summed E-state index contributed by atoms with van der Waals surface area (Å²) in [6, 6.07) is 10.9. The maximum atomic E-state index is 13.5. The van der Waals surface area contributed by atoms with Gasteiger partial charge in [-0.25, -0.2) is 54.2 Å². The van der Waals surface area contributed by atoms with Gasteiger partial charge in [0.15, 0.2) is 0 Å². The van der Waals surface area contributed by atoms with E-state index in [-0.39, 0.29) is 74.3 Å². The number of aromatic nitrogens is 4. The molecule has 2 aromatic heterocycles. The molecule has 4 aromatic rings. The van der Waals surface area contributed by atoms with Crippen LogP contribution in [0.1, 0.15) is 87.7 Å². The smallest absolute Gasteiger partial charge is 0.550 e. The number of aliphatic carboxylic acids is 2. The Kier molecular flexibility index (Phi) is 22.5. The second-order valence-electron chi connectivity index (χ2n) is 15.9. The molecule has 360 valence electrons. The molecule has 0 aliphatic heterocycles. The first-order valence-corrected chi connectivity index (χ1v) is 24.0. The number of benzene rings is 2. The zero-order valence-electron chi connectivity index (χ0n) is 38.2. The van der Waals surface area contributed by atoms with Gasteiger partial charge in [0.2, 0.25) is 31.9 Å². The summed E-state index contributed by atoms with van der Waals surface area (Å²) in [5, 5.41) is 61.1. The third kappa shape index (κ3) is 18.1. The van der Waals surface area contributed by atoms with Gasteiger partial charge < -0.3 is 40.2 Å². The molecular formula is C44H54CaF2N6O12S2. The Labute approximate surface area is 418 Å². The van der Waals surface area contributed by atoms with Crippen LogP contribution < -0.4 is 18.8 Å². The van der Waals surface area contributed by atoms with E-state index in [1.165, 1.54) is 86.9 Å². The molecule has 0 aliphatic carbocycles. The van der Waals surface area contributed by atoms with E-state index in [1.807, 2.05) is 27.7 Å². The van der Waals surface area contributed by atoms with Crippen molar-refractivity contribution in [1.82, 2.24) is 19.9 Å². The van der Waals surface area contributed by atoms with Crippen molar-refractivity contribution in [3.8, 4) is 22.5 Å². The van der Waals surface area contributed by atoms with E-state index in [4.69, 9.17) is 0 Å². The van der Waals surface area contributed by atoms with Gasteiger partial charge in [-0.2, -0.15) is 0 Å². The predicted octanol–water partition coefficient (Wildman–Crippen LogP) is 1.75. The van der Waals surface area contributed by atoms with E-state index in [1.54, 1.807) is 0 Å². The summed E-state index contributed by atoms with van der Waals surface area (Å²) in [6.45, 7) is 7.38. The van der Waals surface area contributed by atoms with Crippen LogP contribution in [-0.4, -0.2) is 158 Å². The Morgan fingerprint density at radius 1 is 0.612 bits per heavy atom. The van der Waals surface area contributed by atoms with Gasteiger partial charge in [0.25, 0.3) is 0 Å². The van der Waals surface area contributed by atoms with Gasteiger partial charge in [-0.1, -0.05) is 52.0 Å². The minimum atomic E-state index is -3.66. The van der Waals surface area contributed by atoms with Crippen LogP contribution >= 0.6 is 0 Å². The van der Waals surface area contributed by atoms with Crippen molar-refractivity contribution in [2.45, 2.75) is 89.6 Å². The third-order valence-corrected chi connectivity index (χ3v) is 11.9. The number of carbonyl (C=O) groups is 2. The number of carboxylic acid groups (broad SMARTS) is 2. The fraction of sp³-hybridized carbons (Fsp3) is 0.409. The molecular weight excluding hydrogens is 947 g/mol. The van der Waals surface area contributed by atoms with Crippen molar-refractivity contribution in [3.63, 3.8) is 0 Å².